The first kappa shape index (κ1) is 14.0. The molecule has 1 atom stereocenters. The van der Waals surface area contributed by atoms with Crippen molar-refractivity contribution in [2.45, 2.75) is 39.7 Å². The fourth-order valence-corrected chi connectivity index (χ4v) is 2.29. The molecule has 0 aliphatic carbocycles. The van der Waals surface area contributed by atoms with Crippen LogP contribution in [0, 0.1) is 5.92 Å². The fourth-order valence-electron chi connectivity index (χ4n) is 2.22. The molecule has 0 bridgehead atoms. The molecule has 0 saturated carbocycles. The summed E-state index contributed by atoms with van der Waals surface area (Å²) in [4.78, 5) is 5.31. The van der Waals surface area contributed by atoms with E-state index in [0.29, 0.717) is 4.99 Å². The summed E-state index contributed by atoms with van der Waals surface area (Å²) in [5.74, 6) is 1.33. The van der Waals surface area contributed by atoms with Crippen LogP contribution in [0.3, 0.4) is 0 Å². The first-order valence-electron chi connectivity index (χ1n) is 6.87. The van der Waals surface area contributed by atoms with Gasteiger partial charge in [0.2, 0.25) is 0 Å². The molecule has 19 heavy (non-hydrogen) atoms. The highest BCUT2D eigenvalue weighted by molar-refractivity contribution is 7.80. The van der Waals surface area contributed by atoms with Crippen molar-refractivity contribution in [2.75, 3.05) is 0 Å². The van der Waals surface area contributed by atoms with E-state index in [-0.39, 0.29) is 5.92 Å². The average molecular weight is 275 g/mol. The monoisotopic (exact) mass is 275 g/mol. The van der Waals surface area contributed by atoms with Gasteiger partial charge in [-0.05, 0) is 18.6 Å². The number of rotatable bonds is 6. The second-order valence-corrected chi connectivity index (χ2v) is 5.51. The summed E-state index contributed by atoms with van der Waals surface area (Å²) < 4.78 is 2.27. The van der Waals surface area contributed by atoms with Crippen molar-refractivity contribution in [1.29, 1.82) is 0 Å². The first-order valence-corrected chi connectivity index (χ1v) is 7.27. The van der Waals surface area contributed by atoms with Gasteiger partial charge in [-0.1, -0.05) is 44.6 Å². The lowest BCUT2D eigenvalue weighted by atomic mass is 10.1. The summed E-state index contributed by atoms with van der Waals surface area (Å²) in [6, 6.07) is 8.26. The highest BCUT2D eigenvalue weighted by Crippen LogP contribution is 2.19. The Kier molecular flexibility index (Phi) is 4.53. The first-order chi connectivity index (χ1) is 9.13. The summed E-state index contributed by atoms with van der Waals surface area (Å²) in [6.07, 6.45) is 3.34. The number of benzene rings is 1. The summed E-state index contributed by atoms with van der Waals surface area (Å²) in [5.41, 5.74) is 7.98. The molecule has 1 unspecified atom stereocenters. The second kappa shape index (κ2) is 6.15. The van der Waals surface area contributed by atoms with Gasteiger partial charge in [-0.3, -0.25) is 0 Å². The maximum Gasteiger partial charge on any atom is 0.109 e. The molecule has 2 aromatic rings. The number of hydrogen-bond acceptors (Lipinski definition) is 2. The quantitative estimate of drug-likeness (QED) is 0.823. The van der Waals surface area contributed by atoms with Gasteiger partial charge in [0.05, 0.1) is 16.0 Å². The number of para-hydroxylation sites is 2. The molecule has 102 valence electrons. The number of fused-ring (bicyclic) bond motifs is 1. The van der Waals surface area contributed by atoms with Crippen LogP contribution >= 0.6 is 12.2 Å². The van der Waals surface area contributed by atoms with Crippen LogP contribution in [0.1, 0.15) is 32.5 Å². The highest BCUT2D eigenvalue weighted by Gasteiger charge is 2.13. The summed E-state index contributed by atoms with van der Waals surface area (Å²) in [6.45, 7) is 5.08. The summed E-state index contributed by atoms with van der Waals surface area (Å²) in [7, 11) is 0. The lowest BCUT2D eigenvalue weighted by Gasteiger charge is -2.14. The molecule has 0 aliphatic rings. The summed E-state index contributed by atoms with van der Waals surface area (Å²) >= 11 is 5.09. The van der Waals surface area contributed by atoms with Crippen molar-refractivity contribution in [1.82, 2.24) is 9.55 Å². The molecule has 3 nitrogen and oxygen atoms in total. The van der Waals surface area contributed by atoms with E-state index >= 15 is 0 Å². The second-order valence-electron chi connectivity index (χ2n) is 5.03. The third-order valence-corrected chi connectivity index (χ3v) is 3.83. The van der Waals surface area contributed by atoms with Crippen LogP contribution in [0.2, 0.25) is 0 Å². The van der Waals surface area contributed by atoms with Crippen molar-refractivity contribution >= 4 is 28.2 Å². The van der Waals surface area contributed by atoms with Crippen molar-refractivity contribution in [3.05, 3.63) is 30.1 Å². The van der Waals surface area contributed by atoms with Gasteiger partial charge in [-0.15, -0.1) is 0 Å². The SMILES string of the molecule is CCCCc1nc2ccccc2n1CC(C)C(N)=S. The third kappa shape index (κ3) is 3.13. The van der Waals surface area contributed by atoms with Gasteiger partial charge in [0.15, 0.2) is 0 Å². The van der Waals surface area contributed by atoms with Gasteiger partial charge in [0.1, 0.15) is 5.82 Å². The molecule has 1 aromatic heterocycles. The van der Waals surface area contributed by atoms with E-state index in [1.807, 2.05) is 6.07 Å². The zero-order valence-electron chi connectivity index (χ0n) is 11.6. The standard InChI is InChI=1S/C15H21N3S/c1-3-4-9-14-17-12-7-5-6-8-13(12)18(14)10-11(2)15(16)19/h5-8,11H,3-4,9-10H2,1-2H3,(H2,16,19). The molecule has 1 heterocycles. The van der Waals surface area contributed by atoms with Crippen LogP contribution in [0.4, 0.5) is 0 Å². The Morgan fingerprint density at radius 2 is 2.16 bits per heavy atom. The minimum Gasteiger partial charge on any atom is -0.393 e. The van der Waals surface area contributed by atoms with Gasteiger partial charge < -0.3 is 10.3 Å². The minimum atomic E-state index is 0.188. The largest absolute Gasteiger partial charge is 0.393 e. The maximum atomic E-state index is 5.74. The van der Waals surface area contributed by atoms with E-state index in [9.17, 15) is 0 Å². The minimum absolute atomic E-state index is 0.188. The number of imidazole rings is 1. The topological polar surface area (TPSA) is 43.8 Å². The number of nitrogens with two attached hydrogens (primary N) is 1. The van der Waals surface area contributed by atoms with Gasteiger partial charge in [-0.25, -0.2) is 4.98 Å². The normalized spacial score (nSPS) is 12.7. The van der Waals surface area contributed by atoms with Crippen LogP contribution in [0.15, 0.2) is 24.3 Å². The van der Waals surface area contributed by atoms with E-state index in [4.69, 9.17) is 22.9 Å². The number of aromatic nitrogens is 2. The third-order valence-electron chi connectivity index (χ3n) is 3.43. The smallest absolute Gasteiger partial charge is 0.109 e. The molecular formula is C15H21N3S. The highest BCUT2D eigenvalue weighted by atomic mass is 32.1. The van der Waals surface area contributed by atoms with Crippen molar-refractivity contribution in [3.63, 3.8) is 0 Å². The number of aryl methyl sites for hydroxylation is 1. The van der Waals surface area contributed by atoms with Gasteiger partial charge in [0, 0.05) is 18.9 Å². The van der Waals surface area contributed by atoms with E-state index in [2.05, 4.69) is 36.6 Å². The molecule has 1 aromatic carbocycles. The van der Waals surface area contributed by atoms with Crippen molar-refractivity contribution < 1.29 is 0 Å². The van der Waals surface area contributed by atoms with Crippen LogP contribution in [0.5, 0.6) is 0 Å². The molecule has 0 fully saturated rings. The maximum absolute atomic E-state index is 5.74. The average Bonchev–Trinajstić information content (AvgIpc) is 2.74. The number of unbranched alkanes of at least 4 members (excludes halogenated alkanes) is 1. The predicted octanol–water partition coefficient (Wildman–Crippen LogP) is 3.30. The summed E-state index contributed by atoms with van der Waals surface area (Å²) in [5, 5.41) is 0. The molecule has 2 N–H and O–H groups in total. The van der Waals surface area contributed by atoms with Crippen LogP contribution in [0.25, 0.3) is 11.0 Å². The Hall–Kier alpha value is -1.42. The zero-order chi connectivity index (χ0) is 13.8. The number of hydrogen-bond donors (Lipinski definition) is 1. The van der Waals surface area contributed by atoms with Crippen LogP contribution in [-0.4, -0.2) is 14.5 Å². The van der Waals surface area contributed by atoms with E-state index < -0.39 is 0 Å². The Labute approximate surface area is 119 Å². The zero-order valence-corrected chi connectivity index (χ0v) is 12.4. The lowest BCUT2D eigenvalue weighted by Crippen LogP contribution is -2.23. The molecular weight excluding hydrogens is 254 g/mol. The van der Waals surface area contributed by atoms with Crippen LogP contribution < -0.4 is 5.73 Å². The molecule has 0 radical (unpaired) electrons. The van der Waals surface area contributed by atoms with Crippen molar-refractivity contribution in [3.8, 4) is 0 Å². The Balaban J connectivity index is 2.39. The molecule has 0 amide bonds. The Morgan fingerprint density at radius 3 is 2.84 bits per heavy atom. The molecule has 2 rings (SSSR count). The van der Waals surface area contributed by atoms with Crippen LogP contribution in [-0.2, 0) is 13.0 Å². The van der Waals surface area contributed by atoms with E-state index in [1.54, 1.807) is 0 Å². The fraction of sp³-hybridized carbons (Fsp3) is 0.467. The van der Waals surface area contributed by atoms with Gasteiger partial charge in [0.25, 0.3) is 0 Å². The number of thiocarbonyl (C=S) groups is 1. The molecule has 0 aliphatic heterocycles. The molecule has 4 heteroatoms. The Bertz CT molecular complexity index is 574. The van der Waals surface area contributed by atoms with Gasteiger partial charge >= 0.3 is 0 Å². The van der Waals surface area contributed by atoms with Crippen molar-refractivity contribution in [2.24, 2.45) is 11.7 Å². The lowest BCUT2D eigenvalue weighted by molar-refractivity contribution is 0.577. The predicted molar refractivity (Wildman–Crippen MR) is 84.3 cm³/mol. The molecule has 0 saturated heterocycles. The van der Waals surface area contributed by atoms with Gasteiger partial charge in [-0.2, -0.15) is 0 Å². The number of nitrogens with zero attached hydrogens (tertiary/aromatic N) is 2. The molecule has 0 spiro atoms. The van der Waals surface area contributed by atoms with E-state index in [0.717, 1.165) is 30.7 Å². The van der Waals surface area contributed by atoms with E-state index in [1.165, 1.54) is 11.9 Å². The Morgan fingerprint density at radius 1 is 1.42 bits per heavy atom.